The topological polar surface area (TPSA) is 69.7 Å². The third-order valence-electron chi connectivity index (χ3n) is 5.06. The van der Waals surface area contributed by atoms with Crippen molar-refractivity contribution in [1.82, 2.24) is 4.90 Å². The van der Waals surface area contributed by atoms with Gasteiger partial charge < -0.3 is 10.2 Å². The lowest BCUT2D eigenvalue weighted by atomic mass is 10.0. The van der Waals surface area contributed by atoms with Gasteiger partial charge in [0.05, 0.1) is 11.3 Å². The Morgan fingerprint density at radius 2 is 1.62 bits per heavy atom. The van der Waals surface area contributed by atoms with Gasteiger partial charge in [0.15, 0.2) is 0 Å². The van der Waals surface area contributed by atoms with Crippen LogP contribution in [0.1, 0.15) is 22.3 Å². The van der Waals surface area contributed by atoms with E-state index in [0.29, 0.717) is 35.6 Å². The zero-order chi connectivity index (χ0) is 17.8. The number of allylic oxidation sites excluding steroid dienone is 1. The number of ketones is 1. The largest absolute Gasteiger partial charge is 0.351 e. The molecule has 3 aliphatic rings. The van der Waals surface area contributed by atoms with Crippen molar-refractivity contribution in [2.45, 2.75) is 6.42 Å². The number of urea groups is 1. The van der Waals surface area contributed by atoms with Gasteiger partial charge in [-0.15, -0.1) is 0 Å². The number of para-hydroxylation sites is 2. The van der Waals surface area contributed by atoms with Gasteiger partial charge in [-0.2, -0.15) is 0 Å². The molecule has 0 aliphatic carbocycles. The summed E-state index contributed by atoms with van der Waals surface area (Å²) < 4.78 is 0. The SMILES string of the molecule is O=C1/C(=C2/C(=O)N(C(=O)N3CCC3)c3ccccc32)Nc2ccccc21. The lowest BCUT2D eigenvalue weighted by Crippen LogP contribution is -2.50. The quantitative estimate of drug-likeness (QED) is 0.746. The number of benzene rings is 2. The summed E-state index contributed by atoms with van der Waals surface area (Å²) in [6.45, 7) is 1.30. The summed E-state index contributed by atoms with van der Waals surface area (Å²) in [6, 6.07) is 13.9. The first-order valence-corrected chi connectivity index (χ1v) is 8.54. The molecule has 0 unspecified atom stereocenters. The summed E-state index contributed by atoms with van der Waals surface area (Å²) in [5.74, 6) is -0.677. The number of Topliss-reactive ketones (excluding diaryl/α,β-unsaturated/α-hetero) is 1. The molecule has 0 atom stereocenters. The average Bonchev–Trinajstić information content (AvgIpc) is 3.07. The Balaban J connectivity index is 1.66. The van der Waals surface area contributed by atoms with Gasteiger partial charge >= 0.3 is 6.03 Å². The van der Waals surface area contributed by atoms with E-state index in [1.165, 1.54) is 4.90 Å². The Bertz CT molecular complexity index is 1020. The molecule has 0 aromatic heterocycles. The van der Waals surface area contributed by atoms with Crippen molar-refractivity contribution in [3.05, 3.63) is 65.4 Å². The van der Waals surface area contributed by atoms with E-state index in [2.05, 4.69) is 5.32 Å². The van der Waals surface area contributed by atoms with Gasteiger partial charge in [0, 0.05) is 29.9 Å². The molecule has 6 heteroatoms. The maximum absolute atomic E-state index is 13.2. The Labute approximate surface area is 149 Å². The van der Waals surface area contributed by atoms with Crippen LogP contribution in [-0.2, 0) is 4.79 Å². The number of hydrogen-bond donors (Lipinski definition) is 1. The number of carbonyl (C=O) groups is 3. The predicted octanol–water partition coefficient (Wildman–Crippen LogP) is 2.88. The fourth-order valence-electron chi connectivity index (χ4n) is 3.59. The third-order valence-corrected chi connectivity index (χ3v) is 5.06. The second-order valence-electron chi connectivity index (χ2n) is 6.53. The molecule has 26 heavy (non-hydrogen) atoms. The van der Waals surface area contributed by atoms with Crippen LogP contribution >= 0.6 is 0 Å². The molecule has 3 aliphatic heterocycles. The first-order valence-electron chi connectivity index (χ1n) is 8.54. The van der Waals surface area contributed by atoms with E-state index in [0.717, 1.165) is 6.42 Å². The maximum atomic E-state index is 13.2. The smallest absolute Gasteiger partial charge is 0.331 e. The van der Waals surface area contributed by atoms with E-state index in [1.807, 2.05) is 6.07 Å². The maximum Gasteiger partial charge on any atom is 0.331 e. The fourth-order valence-corrected chi connectivity index (χ4v) is 3.59. The van der Waals surface area contributed by atoms with Crippen LogP contribution in [0.4, 0.5) is 16.2 Å². The van der Waals surface area contributed by atoms with Gasteiger partial charge in [-0.3, -0.25) is 9.59 Å². The molecule has 2 aromatic carbocycles. The standard InChI is InChI=1S/C20H15N3O3/c24-18-12-6-1-3-8-14(12)21-17(18)16-13-7-2-4-9-15(13)23(19(16)25)20(26)22-10-5-11-22/h1-4,6-9,21H,5,10-11H2/b17-16-. The molecule has 0 spiro atoms. The van der Waals surface area contributed by atoms with E-state index in [1.54, 1.807) is 47.4 Å². The first-order chi connectivity index (χ1) is 12.7. The van der Waals surface area contributed by atoms with E-state index >= 15 is 0 Å². The molecule has 3 heterocycles. The van der Waals surface area contributed by atoms with Crippen LogP contribution in [0.2, 0.25) is 0 Å². The monoisotopic (exact) mass is 345 g/mol. The number of nitrogens with one attached hydrogen (secondary N) is 1. The van der Waals surface area contributed by atoms with Crippen LogP contribution < -0.4 is 10.2 Å². The number of imide groups is 1. The number of fused-ring (bicyclic) bond motifs is 2. The number of amides is 3. The molecule has 0 radical (unpaired) electrons. The minimum atomic E-state index is -0.452. The Morgan fingerprint density at radius 1 is 0.923 bits per heavy atom. The van der Waals surface area contributed by atoms with Gasteiger partial charge in [0.1, 0.15) is 5.70 Å². The summed E-state index contributed by atoms with van der Waals surface area (Å²) in [7, 11) is 0. The summed E-state index contributed by atoms with van der Waals surface area (Å²) in [5, 5.41) is 3.07. The van der Waals surface area contributed by atoms with Crippen LogP contribution in [0, 0.1) is 0 Å². The van der Waals surface area contributed by atoms with E-state index in [4.69, 9.17) is 0 Å². The third kappa shape index (κ3) is 1.89. The van der Waals surface area contributed by atoms with Crippen molar-refractivity contribution in [2.24, 2.45) is 0 Å². The van der Waals surface area contributed by atoms with Crippen molar-refractivity contribution in [3.8, 4) is 0 Å². The highest BCUT2D eigenvalue weighted by Gasteiger charge is 2.43. The van der Waals surface area contributed by atoms with Crippen molar-refractivity contribution in [1.29, 1.82) is 0 Å². The normalized spacial score (nSPS) is 20.6. The Kier molecular flexibility index (Phi) is 3.03. The number of rotatable bonds is 0. The molecule has 1 N–H and O–H groups in total. The van der Waals surface area contributed by atoms with Gasteiger partial charge in [0.2, 0.25) is 5.78 Å². The van der Waals surface area contributed by atoms with Crippen LogP contribution in [0.15, 0.2) is 54.2 Å². The molecule has 2 aromatic rings. The predicted molar refractivity (Wildman–Crippen MR) is 96.8 cm³/mol. The lowest BCUT2D eigenvalue weighted by Gasteiger charge is -2.33. The number of nitrogens with zero attached hydrogens (tertiary/aromatic N) is 2. The molecule has 0 saturated carbocycles. The number of hydrogen-bond acceptors (Lipinski definition) is 4. The van der Waals surface area contributed by atoms with Gasteiger partial charge in [-0.05, 0) is 24.6 Å². The first kappa shape index (κ1) is 14.9. The molecule has 1 fully saturated rings. The molecule has 0 bridgehead atoms. The van der Waals surface area contributed by atoms with Crippen molar-refractivity contribution in [3.63, 3.8) is 0 Å². The number of likely N-dealkylation sites (tertiary alicyclic amines) is 1. The molecule has 128 valence electrons. The van der Waals surface area contributed by atoms with Gasteiger partial charge in [-0.1, -0.05) is 30.3 Å². The van der Waals surface area contributed by atoms with Crippen molar-refractivity contribution in [2.75, 3.05) is 23.3 Å². The summed E-state index contributed by atoms with van der Waals surface area (Å²) in [6.07, 6.45) is 0.943. The number of carbonyl (C=O) groups excluding carboxylic acids is 3. The van der Waals surface area contributed by atoms with Crippen molar-refractivity contribution >= 4 is 34.7 Å². The van der Waals surface area contributed by atoms with E-state index < -0.39 is 5.91 Å². The van der Waals surface area contributed by atoms with Crippen LogP contribution in [0.5, 0.6) is 0 Å². The minimum Gasteiger partial charge on any atom is -0.351 e. The minimum absolute atomic E-state index is 0.225. The molecular formula is C20H15N3O3. The highest BCUT2D eigenvalue weighted by atomic mass is 16.2. The molecule has 3 amide bonds. The van der Waals surface area contributed by atoms with Crippen LogP contribution in [0.25, 0.3) is 5.57 Å². The fraction of sp³-hybridized carbons (Fsp3) is 0.150. The van der Waals surface area contributed by atoms with E-state index in [-0.39, 0.29) is 23.1 Å². The second-order valence-corrected chi connectivity index (χ2v) is 6.53. The average molecular weight is 345 g/mol. The summed E-state index contributed by atoms with van der Waals surface area (Å²) >= 11 is 0. The van der Waals surface area contributed by atoms with Crippen LogP contribution in [-0.4, -0.2) is 35.7 Å². The summed E-state index contributed by atoms with van der Waals surface area (Å²) in [5.41, 5.74) is 2.85. The zero-order valence-electron chi connectivity index (χ0n) is 13.9. The Morgan fingerprint density at radius 3 is 2.31 bits per heavy atom. The molecule has 6 nitrogen and oxygen atoms in total. The van der Waals surface area contributed by atoms with E-state index in [9.17, 15) is 14.4 Å². The highest BCUT2D eigenvalue weighted by molar-refractivity contribution is 6.44. The van der Waals surface area contributed by atoms with Crippen molar-refractivity contribution < 1.29 is 14.4 Å². The lowest BCUT2D eigenvalue weighted by molar-refractivity contribution is -0.112. The number of anilines is 2. The molecular weight excluding hydrogens is 330 g/mol. The highest BCUT2D eigenvalue weighted by Crippen LogP contribution is 2.42. The second kappa shape index (κ2) is 5.29. The van der Waals surface area contributed by atoms with Crippen LogP contribution in [0.3, 0.4) is 0 Å². The zero-order valence-corrected chi connectivity index (χ0v) is 13.9. The van der Waals surface area contributed by atoms with Gasteiger partial charge in [-0.25, -0.2) is 9.69 Å². The van der Waals surface area contributed by atoms with Gasteiger partial charge in [0.25, 0.3) is 5.91 Å². The Hall–Kier alpha value is -3.41. The molecule has 1 saturated heterocycles. The summed E-state index contributed by atoms with van der Waals surface area (Å²) in [4.78, 5) is 41.6. The molecule has 5 rings (SSSR count).